The standard InChI is InChI=1S/C11H8FN3OS2/c12-6-2-1-3-7(9(6)10(13)17)15-11(16)8-4-18-5-14-8/h1-5H,(H2,13,17)(H,15,16). The third-order valence-corrected chi connectivity index (χ3v) is 2.96. The van der Waals surface area contributed by atoms with Crippen LogP contribution in [0.4, 0.5) is 10.1 Å². The number of carbonyl (C=O) groups is 1. The van der Waals surface area contributed by atoms with Crippen LogP contribution < -0.4 is 11.1 Å². The maximum absolute atomic E-state index is 13.6. The Balaban J connectivity index is 2.32. The molecule has 0 fully saturated rings. The quantitative estimate of drug-likeness (QED) is 0.846. The molecule has 0 aliphatic rings. The summed E-state index contributed by atoms with van der Waals surface area (Å²) in [5, 5.41) is 4.13. The highest BCUT2D eigenvalue weighted by molar-refractivity contribution is 7.80. The number of aromatic nitrogens is 1. The Morgan fingerprint density at radius 3 is 2.89 bits per heavy atom. The van der Waals surface area contributed by atoms with E-state index in [0.29, 0.717) is 0 Å². The van der Waals surface area contributed by atoms with Gasteiger partial charge in [0.2, 0.25) is 0 Å². The average Bonchev–Trinajstić information content (AvgIpc) is 2.81. The monoisotopic (exact) mass is 281 g/mol. The maximum atomic E-state index is 13.6. The molecule has 1 aromatic heterocycles. The molecule has 7 heteroatoms. The molecule has 0 aliphatic carbocycles. The van der Waals surface area contributed by atoms with Crippen LogP contribution in [0.3, 0.4) is 0 Å². The van der Waals surface area contributed by atoms with Crippen molar-refractivity contribution in [2.45, 2.75) is 0 Å². The van der Waals surface area contributed by atoms with Crippen molar-refractivity contribution in [3.8, 4) is 0 Å². The van der Waals surface area contributed by atoms with Gasteiger partial charge in [0.1, 0.15) is 16.5 Å². The molecule has 1 amide bonds. The Morgan fingerprint density at radius 2 is 2.28 bits per heavy atom. The minimum absolute atomic E-state index is 0.0241. The zero-order chi connectivity index (χ0) is 13.1. The molecular formula is C11H8FN3OS2. The van der Waals surface area contributed by atoms with Crippen LogP contribution in [0.1, 0.15) is 16.1 Å². The largest absolute Gasteiger partial charge is 0.389 e. The van der Waals surface area contributed by atoms with E-state index in [1.165, 1.54) is 35.0 Å². The lowest BCUT2D eigenvalue weighted by Crippen LogP contribution is -2.19. The van der Waals surface area contributed by atoms with Gasteiger partial charge in [0.05, 0.1) is 16.8 Å². The van der Waals surface area contributed by atoms with E-state index in [2.05, 4.69) is 10.3 Å². The van der Waals surface area contributed by atoms with Crippen molar-refractivity contribution in [2.24, 2.45) is 5.73 Å². The predicted octanol–water partition coefficient (Wildman–Crippen LogP) is 2.17. The van der Waals surface area contributed by atoms with Crippen LogP contribution in [0.25, 0.3) is 0 Å². The summed E-state index contributed by atoms with van der Waals surface area (Å²) in [6.45, 7) is 0. The van der Waals surface area contributed by atoms with E-state index in [9.17, 15) is 9.18 Å². The molecule has 1 aromatic carbocycles. The topological polar surface area (TPSA) is 68.0 Å². The van der Waals surface area contributed by atoms with E-state index in [0.717, 1.165) is 0 Å². The van der Waals surface area contributed by atoms with Crippen LogP contribution in [0, 0.1) is 5.82 Å². The molecule has 0 atom stereocenters. The van der Waals surface area contributed by atoms with Gasteiger partial charge in [0.25, 0.3) is 5.91 Å². The summed E-state index contributed by atoms with van der Waals surface area (Å²) >= 11 is 6.06. The van der Waals surface area contributed by atoms with Gasteiger partial charge in [0, 0.05) is 5.38 Å². The van der Waals surface area contributed by atoms with E-state index in [-0.39, 0.29) is 21.9 Å². The van der Waals surface area contributed by atoms with Gasteiger partial charge < -0.3 is 11.1 Å². The van der Waals surface area contributed by atoms with Gasteiger partial charge >= 0.3 is 0 Å². The number of thiazole rings is 1. The van der Waals surface area contributed by atoms with Gasteiger partial charge in [-0.25, -0.2) is 9.37 Å². The van der Waals surface area contributed by atoms with E-state index < -0.39 is 11.7 Å². The van der Waals surface area contributed by atoms with Crippen LogP contribution in [-0.2, 0) is 0 Å². The first-order chi connectivity index (χ1) is 8.59. The molecule has 0 radical (unpaired) electrons. The number of amides is 1. The molecule has 0 saturated carbocycles. The zero-order valence-corrected chi connectivity index (χ0v) is 10.6. The van der Waals surface area contributed by atoms with Crippen LogP contribution >= 0.6 is 23.6 Å². The second kappa shape index (κ2) is 5.19. The number of nitrogens with two attached hydrogens (primary N) is 1. The summed E-state index contributed by atoms with van der Waals surface area (Å²) in [4.78, 5) is 15.5. The number of hydrogen-bond donors (Lipinski definition) is 2. The Bertz CT molecular complexity index is 598. The summed E-state index contributed by atoms with van der Waals surface area (Å²) in [6, 6.07) is 4.22. The summed E-state index contributed by atoms with van der Waals surface area (Å²) in [6.07, 6.45) is 0. The van der Waals surface area contributed by atoms with E-state index in [1.54, 1.807) is 5.38 Å². The number of benzene rings is 1. The number of nitrogens with one attached hydrogen (secondary N) is 1. The lowest BCUT2D eigenvalue weighted by molar-refractivity contribution is 0.102. The zero-order valence-electron chi connectivity index (χ0n) is 9.01. The molecule has 0 unspecified atom stereocenters. The number of hydrogen-bond acceptors (Lipinski definition) is 4. The Labute approximate surface area is 112 Å². The molecule has 0 bridgehead atoms. The van der Waals surface area contributed by atoms with E-state index in [4.69, 9.17) is 18.0 Å². The smallest absolute Gasteiger partial charge is 0.275 e. The number of rotatable bonds is 3. The first-order valence-corrected chi connectivity index (χ1v) is 6.22. The van der Waals surface area contributed by atoms with Gasteiger partial charge in [-0.3, -0.25) is 4.79 Å². The van der Waals surface area contributed by atoms with Crippen molar-refractivity contribution in [2.75, 3.05) is 5.32 Å². The van der Waals surface area contributed by atoms with Crippen LogP contribution in [0.2, 0.25) is 0 Å². The van der Waals surface area contributed by atoms with Crippen LogP contribution in [0.15, 0.2) is 29.1 Å². The van der Waals surface area contributed by atoms with Crippen molar-refractivity contribution >= 4 is 40.1 Å². The number of anilines is 1. The molecule has 2 rings (SSSR count). The second-order valence-electron chi connectivity index (χ2n) is 3.35. The van der Waals surface area contributed by atoms with Gasteiger partial charge in [0.15, 0.2) is 0 Å². The Morgan fingerprint density at radius 1 is 1.50 bits per heavy atom. The lowest BCUT2D eigenvalue weighted by Gasteiger charge is -2.09. The molecule has 0 saturated heterocycles. The third-order valence-electron chi connectivity index (χ3n) is 2.17. The summed E-state index contributed by atoms with van der Waals surface area (Å²) in [7, 11) is 0. The number of halogens is 1. The van der Waals surface area contributed by atoms with Crippen molar-refractivity contribution in [3.05, 3.63) is 46.2 Å². The minimum atomic E-state index is -0.571. The Kier molecular flexibility index (Phi) is 3.63. The van der Waals surface area contributed by atoms with Crippen LogP contribution in [0.5, 0.6) is 0 Å². The summed E-state index contributed by atoms with van der Waals surface area (Å²) in [5.74, 6) is -1.00. The molecule has 4 nitrogen and oxygen atoms in total. The number of thiocarbonyl (C=S) groups is 1. The molecule has 2 aromatic rings. The fourth-order valence-corrected chi connectivity index (χ4v) is 2.13. The first kappa shape index (κ1) is 12.6. The molecule has 18 heavy (non-hydrogen) atoms. The van der Waals surface area contributed by atoms with Crippen molar-refractivity contribution in [1.29, 1.82) is 0 Å². The van der Waals surface area contributed by atoms with E-state index >= 15 is 0 Å². The summed E-state index contributed by atoms with van der Waals surface area (Å²) < 4.78 is 13.6. The second-order valence-corrected chi connectivity index (χ2v) is 4.51. The third kappa shape index (κ3) is 2.52. The normalized spacial score (nSPS) is 10.1. The van der Waals surface area contributed by atoms with Crippen molar-refractivity contribution in [1.82, 2.24) is 4.98 Å². The molecule has 0 aliphatic heterocycles. The molecule has 1 heterocycles. The predicted molar refractivity (Wildman–Crippen MR) is 72.4 cm³/mol. The first-order valence-electron chi connectivity index (χ1n) is 4.87. The Hall–Kier alpha value is -1.86. The van der Waals surface area contributed by atoms with Gasteiger partial charge in [-0.2, -0.15) is 0 Å². The molecular weight excluding hydrogens is 273 g/mol. The molecule has 92 valence electrons. The average molecular weight is 281 g/mol. The number of nitrogens with zero attached hydrogens (tertiary/aromatic N) is 1. The fourth-order valence-electron chi connectivity index (χ4n) is 1.39. The SMILES string of the molecule is NC(=S)c1c(F)cccc1NC(=O)c1cscn1. The summed E-state index contributed by atoms with van der Waals surface area (Å²) in [5.41, 5.74) is 7.50. The molecule has 3 N–H and O–H groups in total. The number of carbonyl (C=O) groups excluding carboxylic acids is 1. The van der Waals surface area contributed by atoms with Crippen LogP contribution in [-0.4, -0.2) is 15.9 Å². The minimum Gasteiger partial charge on any atom is -0.389 e. The lowest BCUT2D eigenvalue weighted by atomic mass is 10.1. The van der Waals surface area contributed by atoms with E-state index in [1.807, 2.05) is 0 Å². The van der Waals surface area contributed by atoms with Gasteiger partial charge in [-0.15, -0.1) is 11.3 Å². The highest BCUT2D eigenvalue weighted by Gasteiger charge is 2.15. The van der Waals surface area contributed by atoms with Gasteiger partial charge in [-0.1, -0.05) is 18.3 Å². The highest BCUT2D eigenvalue weighted by atomic mass is 32.1. The fraction of sp³-hybridized carbons (Fsp3) is 0. The van der Waals surface area contributed by atoms with Crippen molar-refractivity contribution < 1.29 is 9.18 Å². The maximum Gasteiger partial charge on any atom is 0.275 e. The van der Waals surface area contributed by atoms with Crippen molar-refractivity contribution in [3.63, 3.8) is 0 Å². The highest BCUT2D eigenvalue weighted by Crippen LogP contribution is 2.19. The van der Waals surface area contributed by atoms with Gasteiger partial charge in [-0.05, 0) is 12.1 Å². The molecule has 0 spiro atoms.